The first-order valence-corrected chi connectivity index (χ1v) is 10.1. The van der Waals surface area contributed by atoms with Crippen molar-refractivity contribution < 1.29 is 12.8 Å². The van der Waals surface area contributed by atoms with Gasteiger partial charge in [-0.05, 0) is 26.0 Å². The SMILES string of the molecule is CN(Cc1csc(-c2ccoc2)n1)C1CCCC1S(C)(=O)=O. The van der Waals surface area contributed by atoms with E-state index in [-0.39, 0.29) is 11.3 Å². The van der Waals surface area contributed by atoms with Gasteiger partial charge in [-0.15, -0.1) is 11.3 Å². The van der Waals surface area contributed by atoms with Gasteiger partial charge in [-0.2, -0.15) is 0 Å². The van der Waals surface area contributed by atoms with Crippen molar-refractivity contribution in [2.45, 2.75) is 37.1 Å². The van der Waals surface area contributed by atoms with Crippen molar-refractivity contribution in [2.24, 2.45) is 0 Å². The van der Waals surface area contributed by atoms with Crippen LogP contribution in [-0.4, -0.2) is 42.9 Å². The maximum Gasteiger partial charge on any atom is 0.151 e. The summed E-state index contributed by atoms with van der Waals surface area (Å²) < 4.78 is 28.9. The molecule has 1 fully saturated rings. The van der Waals surface area contributed by atoms with Gasteiger partial charge in [0, 0.05) is 29.8 Å². The molecule has 2 aromatic heterocycles. The standard InChI is InChI=1S/C15H20N2O3S2/c1-17(13-4-3-5-14(13)22(2,18)19)8-12-10-21-15(16-12)11-6-7-20-9-11/h6-7,9-10,13-14H,3-5,8H2,1-2H3. The lowest BCUT2D eigenvalue weighted by molar-refractivity contribution is 0.236. The highest BCUT2D eigenvalue weighted by Crippen LogP contribution is 2.30. The lowest BCUT2D eigenvalue weighted by atomic mass is 10.2. The van der Waals surface area contributed by atoms with Crippen LogP contribution in [0, 0.1) is 0 Å². The van der Waals surface area contributed by atoms with Crippen LogP contribution in [0.5, 0.6) is 0 Å². The summed E-state index contributed by atoms with van der Waals surface area (Å²) in [7, 11) is -1.00. The summed E-state index contributed by atoms with van der Waals surface area (Å²) in [6, 6.07) is 1.98. The minimum absolute atomic E-state index is 0.0917. The van der Waals surface area contributed by atoms with Gasteiger partial charge in [0.05, 0.1) is 17.2 Å². The third kappa shape index (κ3) is 3.26. The Kier molecular flexibility index (Phi) is 4.38. The monoisotopic (exact) mass is 340 g/mol. The molecular formula is C15H20N2O3S2. The average Bonchev–Trinajstić information content (AvgIpc) is 3.19. The number of hydrogen-bond acceptors (Lipinski definition) is 6. The first-order valence-electron chi connectivity index (χ1n) is 7.31. The van der Waals surface area contributed by atoms with E-state index in [1.54, 1.807) is 23.9 Å². The Labute approximate surface area is 134 Å². The molecule has 0 amide bonds. The van der Waals surface area contributed by atoms with Crippen LogP contribution >= 0.6 is 11.3 Å². The Hall–Kier alpha value is -1.18. The molecule has 3 rings (SSSR count). The summed E-state index contributed by atoms with van der Waals surface area (Å²) in [5.41, 5.74) is 1.96. The number of furan rings is 1. The van der Waals surface area contributed by atoms with Crippen LogP contribution in [0.2, 0.25) is 0 Å². The minimum atomic E-state index is -2.99. The number of hydrogen-bond donors (Lipinski definition) is 0. The first-order chi connectivity index (χ1) is 10.4. The highest BCUT2D eigenvalue weighted by atomic mass is 32.2. The van der Waals surface area contributed by atoms with Crippen molar-refractivity contribution in [3.05, 3.63) is 29.7 Å². The third-order valence-electron chi connectivity index (χ3n) is 4.27. The normalized spacial score (nSPS) is 22.5. The molecule has 7 heteroatoms. The van der Waals surface area contributed by atoms with E-state index in [2.05, 4.69) is 9.88 Å². The lowest BCUT2D eigenvalue weighted by Gasteiger charge is -2.28. The molecule has 2 atom stereocenters. The lowest BCUT2D eigenvalue weighted by Crippen LogP contribution is -2.40. The molecule has 1 aliphatic rings. The van der Waals surface area contributed by atoms with Gasteiger partial charge in [0.15, 0.2) is 9.84 Å². The van der Waals surface area contributed by atoms with Crippen molar-refractivity contribution >= 4 is 21.2 Å². The zero-order chi connectivity index (χ0) is 15.7. The highest BCUT2D eigenvalue weighted by molar-refractivity contribution is 7.91. The second-order valence-corrected chi connectivity index (χ2v) is 9.06. The Morgan fingerprint density at radius 2 is 2.27 bits per heavy atom. The van der Waals surface area contributed by atoms with Crippen molar-refractivity contribution in [3.63, 3.8) is 0 Å². The van der Waals surface area contributed by atoms with Gasteiger partial charge < -0.3 is 4.42 Å². The largest absolute Gasteiger partial charge is 0.472 e. The van der Waals surface area contributed by atoms with Crippen molar-refractivity contribution in [2.75, 3.05) is 13.3 Å². The van der Waals surface area contributed by atoms with Crippen LogP contribution in [0.25, 0.3) is 10.6 Å². The van der Waals surface area contributed by atoms with Crippen LogP contribution < -0.4 is 0 Å². The molecule has 2 aromatic rings. The molecule has 1 aliphatic carbocycles. The first kappa shape index (κ1) is 15.7. The quantitative estimate of drug-likeness (QED) is 0.837. The summed E-state index contributed by atoms with van der Waals surface area (Å²) in [6.45, 7) is 0.672. The second-order valence-electron chi connectivity index (χ2n) is 5.94. The van der Waals surface area contributed by atoms with Gasteiger partial charge in [-0.1, -0.05) is 6.42 Å². The van der Waals surface area contributed by atoms with E-state index >= 15 is 0 Å². The predicted octanol–water partition coefficient (Wildman–Crippen LogP) is 2.80. The minimum Gasteiger partial charge on any atom is -0.472 e. The van der Waals surface area contributed by atoms with Crippen LogP contribution in [-0.2, 0) is 16.4 Å². The van der Waals surface area contributed by atoms with Crippen LogP contribution in [0.3, 0.4) is 0 Å². The topological polar surface area (TPSA) is 63.4 Å². The number of rotatable bonds is 5. The van der Waals surface area contributed by atoms with Crippen LogP contribution in [0.4, 0.5) is 0 Å². The number of sulfone groups is 1. The summed E-state index contributed by atoms with van der Waals surface area (Å²) in [5, 5.41) is 2.72. The summed E-state index contributed by atoms with van der Waals surface area (Å²) in [5.74, 6) is 0. The molecule has 22 heavy (non-hydrogen) atoms. The van der Waals surface area contributed by atoms with E-state index in [1.807, 2.05) is 18.5 Å². The second kappa shape index (κ2) is 6.14. The molecule has 0 N–H and O–H groups in total. The molecule has 0 aliphatic heterocycles. The fourth-order valence-corrected chi connectivity index (χ4v) is 5.49. The molecule has 2 unspecified atom stereocenters. The molecule has 120 valence electrons. The summed E-state index contributed by atoms with van der Waals surface area (Å²) in [6.07, 6.45) is 7.35. The number of thiazole rings is 1. The average molecular weight is 340 g/mol. The number of aromatic nitrogens is 1. The zero-order valence-corrected chi connectivity index (χ0v) is 14.4. The van der Waals surface area contributed by atoms with E-state index in [1.165, 1.54) is 6.26 Å². The molecule has 2 heterocycles. The Morgan fingerprint density at radius 3 is 2.95 bits per heavy atom. The summed E-state index contributed by atoms with van der Waals surface area (Å²) >= 11 is 1.58. The third-order valence-corrected chi connectivity index (χ3v) is 6.85. The summed E-state index contributed by atoms with van der Waals surface area (Å²) in [4.78, 5) is 6.75. The van der Waals surface area contributed by atoms with E-state index in [0.717, 1.165) is 35.5 Å². The fourth-order valence-electron chi connectivity index (χ4n) is 3.18. The van der Waals surface area contributed by atoms with Gasteiger partial charge in [-0.3, -0.25) is 4.90 Å². The van der Waals surface area contributed by atoms with Crippen molar-refractivity contribution in [3.8, 4) is 10.6 Å². The van der Waals surface area contributed by atoms with E-state index < -0.39 is 9.84 Å². The molecule has 0 bridgehead atoms. The van der Waals surface area contributed by atoms with E-state index in [0.29, 0.717) is 6.54 Å². The molecule has 0 saturated heterocycles. The smallest absolute Gasteiger partial charge is 0.151 e. The molecule has 0 aromatic carbocycles. The maximum atomic E-state index is 11.9. The highest BCUT2D eigenvalue weighted by Gasteiger charge is 2.37. The van der Waals surface area contributed by atoms with Gasteiger partial charge >= 0.3 is 0 Å². The van der Waals surface area contributed by atoms with Crippen LogP contribution in [0.15, 0.2) is 28.4 Å². The molecule has 1 saturated carbocycles. The van der Waals surface area contributed by atoms with Gasteiger partial charge in [0.1, 0.15) is 11.3 Å². The van der Waals surface area contributed by atoms with Crippen molar-refractivity contribution in [1.29, 1.82) is 0 Å². The van der Waals surface area contributed by atoms with Crippen LogP contribution in [0.1, 0.15) is 25.0 Å². The van der Waals surface area contributed by atoms with Crippen molar-refractivity contribution in [1.82, 2.24) is 9.88 Å². The Balaban J connectivity index is 1.70. The van der Waals surface area contributed by atoms with E-state index in [9.17, 15) is 8.42 Å². The van der Waals surface area contributed by atoms with Gasteiger partial charge in [0.2, 0.25) is 0 Å². The molecular weight excluding hydrogens is 320 g/mol. The van der Waals surface area contributed by atoms with Gasteiger partial charge in [-0.25, -0.2) is 13.4 Å². The molecule has 0 radical (unpaired) electrons. The molecule has 0 spiro atoms. The number of nitrogens with zero attached hydrogens (tertiary/aromatic N) is 2. The van der Waals surface area contributed by atoms with Gasteiger partial charge in [0.25, 0.3) is 0 Å². The Bertz CT molecular complexity index is 722. The van der Waals surface area contributed by atoms with E-state index in [4.69, 9.17) is 4.42 Å². The maximum absolute atomic E-state index is 11.9. The fraction of sp³-hybridized carbons (Fsp3) is 0.533. The predicted molar refractivity (Wildman–Crippen MR) is 87.6 cm³/mol. The zero-order valence-electron chi connectivity index (χ0n) is 12.7. The molecule has 5 nitrogen and oxygen atoms in total. The Morgan fingerprint density at radius 1 is 1.45 bits per heavy atom.